The van der Waals surface area contributed by atoms with Gasteiger partial charge in [0.15, 0.2) is 12.0 Å². The molecule has 37 heavy (non-hydrogen) atoms. The number of hydrogen-bond donors (Lipinski definition) is 0. The monoisotopic (exact) mass is 495 g/mol. The normalized spacial score (nSPS) is 20.0. The van der Waals surface area contributed by atoms with Crippen LogP contribution in [0.25, 0.3) is 16.6 Å². The van der Waals surface area contributed by atoms with Crippen molar-refractivity contribution in [3.8, 4) is 6.19 Å². The SMILES string of the molecule is CC[C@]12C=C(C)n3c(c(CCCC(=O)c4ccc(C)cc4)c4ccccc43)[C@H]1N(C#N)CCC2.O=C=O. The number of hydrogen-bond acceptors (Lipinski definition) is 5. The lowest BCUT2D eigenvalue weighted by Gasteiger charge is -2.49. The third-order valence-electron chi connectivity index (χ3n) is 8.02. The van der Waals surface area contributed by atoms with Gasteiger partial charge in [0.05, 0.1) is 17.3 Å². The second kappa shape index (κ2) is 11.0. The highest BCUT2D eigenvalue weighted by Crippen LogP contribution is 2.55. The van der Waals surface area contributed by atoms with E-state index in [1.54, 1.807) is 0 Å². The molecule has 2 atom stereocenters. The standard InChI is InChI=1S/C30H33N3O.CO2/c1-4-30-17-8-18-32(20-31)29(30)28-25(10-7-12-27(34)23-15-13-21(2)14-16-23)24-9-5-6-11-26(24)33(28)22(3)19-30;2-1-3/h5-6,9,11,13-16,19,29H,4,7-8,10,12,17-18H2,1-3H3;/t29-,30+;/m1./s1. The summed E-state index contributed by atoms with van der Waals surface area (Å²) in [6, 6.07) is 16.5. The fourth-order valence-corrected chi connectivity index (χ4v) is 6.35. The molecule has 3 aromatic rings. The summed E-state index contributed by atoms with van der Waals surface area (Å²) < 4.78 is 2.39. The topological polar surface area (TPSA) is 83.2 Å². The molecule has 0 spiro atoms. The third-order valence-corrected chi connectivity index (χ3v) is 8.02. The maximum atomic E-state index is 12.8. The minimum Gasteiger partial charge on any atom is -0.315 e. The molecule has 6 nitrogen and oxygen atoms in total. The van der Waals surface area contributed by atoms with Crippen molar-refractivity contribution in [2.75, 3.05) is 6.54 Å². The highest BCUT2D eigenvalue weighted by Gasteiger charge is 2.48. The van der Waals surface area contributed by atoms with Crippen molar-refractivity contribution in [3.63, 3.8) is 0 Å². The summed E-state index contributed by atoms with van der Waals surface area (Å²) in [7, 11) is 0. The Balaban J connectivity index is 0.00000102. The van der Waals surface area contributed by atoms with E-state index in [9.17, 15) is 10.1 Å². The molecule has 5 rings (SSSR count). The Morgan fingerprint density at radius 3 is 2.49 bits per heavy atom. The third kappa shape index (κ3) is 4.75. The molecule has 0 amide bonds. The van der Waals surface area contributed by atoms with Crippen molar-refractivity contribution in [1.29, 1.82) is 5.26 Å². The summed E-state index contributed by atoms with van der Waals surface area (Å²) in [5.41, 5.74) is 6.98. The molecule has 3 heterocycles. The van der Waals surface area contributed by atoms with Crippen molar-refractivity contribution < 1.29 is 14.4 Å². The first-order valence-corrected chi connectivity index (χ1v) is 13.0. The molecule has 2 aliphatic rings. The molecule has 2 aromatic carbocycles. The summed E-state index contributed by atoms with van der Waals surface area (Å²) in [5, 5.41) is 11.3. The van der Waals surface area contributed by atoms with Gasteiger partial charge in [0, 0.05) is 35.0 Å². The first kappa shape index (κ1) is 26.1. The number of fused-ring (bicyclic) bond motifs is 5. The number of rotatable bonds is 6. The minimum atomic E-state index is -0.0189. The molecule has 0 saturated carbocycles. The lowest BCUT2D eigenvalue weighted by molar-refractivity contribution is -0.191. The van der Waals surface area contributed by atoms with Crippen LogP contribution in [-0.4, -0.2) is 27.9 Å². The van der Waals surface area contributed by atoms with E-state index in [1.165, 1.54) is 33.4 Å². The lowest BCUT2D eigenvalue weighted by atomic mass is 9.67. The van der Waals surface area contributed by atoms with E-state index in [4.69, 9.17) is 9.59 Å². The average molecular weight is 496 g/mol. The van der Waals surface area contributed by atoms with Crippen molar-refractivity contribution >= 4 is 28.5 Å². The quantitative estimate of drug-likeness (QED) is 0.289. The van der Waals surface area contributed by atoms with Crippen LogP contribution in [0.5, 0.6) is 0 Å². The molecule has 1 aromatic heterocycles. The van der Waals surface area contributed by atoms with Gasteiger partial charge >= 0.3 is 6.15 Å². The summed E-state index contributed by atoms with van der Waals surface area (Å²) >= 11 is 0. The summed E-state index contributed by atoms with van der Waals surface area (Å²) in [5.74, 6) is 0.202. The first-order valence-electron chi connectivity index (χ1n) is 13.0. The first-order chi connectivity index (χ1) is 17.9. The van der Waals surface area contributed by atoms with Crippen LogP contribution in [-0.2, 0) is 16.0 Å². The van der Waals surface area contributed by atoms with Crippen molar-refractivity contribution in [2.45, 2.75) is 65.3 Å². The Morgan fingerprint density at radius 1 is 1.11 bits per heavy atom. The van der Waals surface area contributed by atoms with Crippen LogP contribution in [0.2, 0.25) is 0 Å². The fourth-order valence-electron chi connectivity index (χ4n) is 6.35. The number of nitriles is 1. The van der Waals surface area contributed by atoms with Crippen molar-refractivity contribution in [2.24, 2.45) is 5.41 Å². The van der Waals surface area contributed by atoms with E-state index in [0.29, 0.717) is 6.42 Å². The summed E-state index contributed by atoms with van der Waals surface area (Å²) in [4.78, 5) is 31.1. The number of ketones is 1. The smallest absolute Gasteiger partial charge is 0.315 e. The molecule has 0 bridgehead atoms. The van der Waals surface area contributed by atoms with Gasteiger partial charge in [-0.3, -0.25) is 4.79 Å². The Morgan fingerprint density at radius 2 is 1.81 bits per heavy atom. The fraction of sp³-hybridized carbons (Fsp3) is 0.387. The van der Waals surface area contributed by atoms with E-state index in [1.807, 2.05) is 36.1 Å². The summed E-state index contributed by atoms with van der Waals surface area (Å²) in [6.07, 6.45) is 10.5. The Kier molecular flexibility index (Phi) is 7.76. The number of likely N-dealkylation sites (tertiary alicyclic amines) is 1. The molecule has 0 aliphatic carbocycles. The maximum absolute atomic E-state index is 12.8. The van der Waals surface area contributed by atoms with Crippen molar-refractivity contribution in [1.82, 2.24) is 9.47 Å². The van der Waals surface area contributed by atoms with Crippen LogP contribution in [0.15, 0.2) is 54.6 Å². The van der Waals surface area contributed by atoms with Gasteiger partial charge < -0.3 is 9.47 Å². The maximum Gasteiger partial charge on any atom is 0.373 e. The predicted molar refractivity (Wildman–Crippen MR) is 142 cm³/mol. The number of carbonyl (C=O) groups excluding carboxylic acids is 3. The zero-order chi connectivity index (χ0) is 26.6. The number of Topliss-reactive ketones (excluding diaryl/α,β-unsaturated/α-hetero) is 1. The number of aromatic nitrogens is 1. The zero-order valence-electron chi connectivity index (χ0n) is 21.8. The lowest BCUT2D eigenvalue weighted by Crippen LogP contribution is -2.46. The van der Waals surface area contributed by atoms with E-state index in [2.05, 4.69) is 54.9 Å². The van der Waals surface area contributed by atoms with Crippen molar-refractivity contribution in [3.05, 3.63) is 77.0 Å². The molecule has 0 N–H and O–H groups in total. The van der Waals surface area contributed by atoms with Crippen LogP contribution < -0.4 is 0 Å². The second-order valence-electron chi connectivity index (χ2n) is 10.1. The Hall–Kier alpha value is -3.94. The number of nitrogens with zero attached hydrogens (tertiary/aromatic N) is 3. The predicted octanol–water partition coefficient (Wildman–Crippen LogP) is 6.46. The van der Waals surface area contributed by atoms with E-state index in [-0.39, 0.29) is 23.4 Å². The Bertz CT molecular complexity index is 1400. The highest BCUT2D eigenvalue weighted by molar-refractivity contribution is 5.96. The summed E-state index contributed by atoms with van der Waals surface area (Å²) in [6.45, 7) is 7.32. The minimum absolute atomic E-state index is 0.0189. The van der Waals surface area contributed by atoms with Gasteiger partial charge in [0.1, 0.15) is 0 Å². The molecule has 1 fully saturated rings. The second-order valence-corrected chi connectivity index (χ2v) is 10.1. The number of benzene rings is 2. The van der Waals surface area contributed by atoms with Crippen LogP contribution in [0.4, 0.5) is 0 Å². The van der Waals surface area contributed by atoms with Gasteiger partial charge in [0.25, 0.3) is 0 Å². The molecule has 1 saturated heterocycles. The number of piperidine rings is 1. The van der Waals surface area contributed by atoms with E-state index < -0.39 is 0 Å². The van der Waals surface area contributed by atoms with Gasteiger partial charge in [-0.1, -0.05) is 61.0 Å². The molecule has 6 heteroatoms. The number of carbonyl (C=O) groups is 1. The molecule has 2 aliphatic heterocycles. The molecular weight excluding hydrogens is 462 g/mol. The number of aryl methyl sites for hydroxylation is 2. The van der Waals surface area contributed by atoms with E-state index >= 15 is 0 Å². The van der Waals surface area contributed by atoms with Gasteiger partial charge in [-0.05, 0) is 57.6 Å². The molecular formula is C31H33N3O3. The molecule has 190 valence electrons. The number of para-hydroxylation sites is 1. The van der Waals surface area contributed by atoms with E-state index in [0.717, 1.165) is 44.2 Å². The van der Waals surface area contributed by atoms with Gasteiger partial charge in [-0.15, -0.1) is 0 Å². The van der Waals surface area contributed by atoms with Gasteiger partial charge in [0.2, 0.25) is 0 Å². The largest absolute Gasteiger partial charge is 0.373 e. The molecule has 0 unspecified atom stereocenters. The van der Waals surface area contributed by atoms with Gasteiger partial charge in [-0.25, -0.2) is 0 Å². The molecule has 0 radical (unpaired) electrons. The zero-order valence-corrected chi connectivity index (χ0v) is 21.8. The average Bonchev–Trinajstić information content (AvgIpc) is 3.23. The van der Waals surface area contributed by atoms with Crippen LogP contribution >= 0.6 is 0 Å². The highest BCUT2D eigenvalue weighted by atomic mass is 16.2. The van der Waals surface area contributed by atoms with Crippen LogP contribution in [0, 0.1) is 23.8 Å². The van der Waals surface area contributed by atoms with Crippen LogP contribution in [0.3, 0.4) is 0 Å². The van der Waals surface area contributed by atoms with Gasteiger partial charge in [-0.2, -0.15) is 14.9 Å². The Labute approximate surface area is 218 Å². The van der Waals surface area contributed by atoms with Crippen LogP contribution in [0.1, 0.15) is 79.2 Å². The number of allylic oxidation sites excluding steroid dienone is 1.